The van der Waals surface area contributed by atoms with Gasteiger partial charge in [0.05, 0.1) is 0 Å². The normalized spacial score (nSPS) is 12.0. The highest BCUT2D eigenvalue weighted by atomic mass is 79.9. The van der Waals surface area contributed by atoms with Gasteiger partial charge in [0, 0.05) is 11.9 Å². The second-order valence-electron chi connectivity index (χ2n) is 4.54. The van der Waals surface area contributed by atoms with Gasteiger partial charge in [-0.2, -0.15) is 0 Å². The van der Waals surface area contributed by atoms with Crippen molar-refractivity contribution < 1.29 is 5.11 Å². The molecule has 2 heteroatoms. The van der Waals surface area contributed by atoms with E-state index in [9.17, 15) is 0 Å². The molecule has 0 aromatic rings. The van der Waals surface area contributed by atoms with E-state index in [0.29, 0.717) is 12.0 Å². The van der Waals surface area contributed by atoms with Crippen LogP contribution in [0.25, 0.3) is 0 Å². The summed E-state index contributed by atoms with van der Waals surface area (Å²) in [6, 6.07) is 0. The first kappa shape index (κ1) is 13.4. The van der Waals surface area contributed by atoms with E-state index in [1.807, 2.05) is 0 Å². The molecular weight excluding hydrogens is 228 g/mol. The minimum atomic E-state index is 0.354. The van der Waals surface area contributed by atoms with Crippen LogP contribution in [0.1, 0.15) is 52.4 Å². The van der Waals surface area contributed by atoms with Crippen molar-refractivity contribution in [1.82, 2.24) is 0 Å². The molecule has 0 atom stereocenters. The Hall–Kier alpha value is 0.440. The predicted octanol–water partition coefficient (Wildman–Crippen LogP) is 3.74. The molecule has 0 unspecified atom stereocenters. The largest absolute Gasteiger partial charge is 0.396 e. The number of aliphatic hydroxyl groups excluding tert-OH is 1. The molecule has 1 nitrogen and oxygen atoms in total. The summed E-state index contributed by atoms with van der Waals surface area (Å²) in [5, 5.41) is 9.68. The summed E-state index contributed by atoms with van der Waals surface area (Å²) in [6.07, 6.45) is 7.38. The molecule has 13 heavy (non-hydrogen) atoms. The molecule has 80 valence electrons. The molecule has 0 aliphatic rings. The fourth-order valence-corrected chi connectivity index (χ4v) is 1.59. The zero-order chi connectivity index (χ0) is 10.2. The molecule has 0 aromatic carbocycles. The van der Waals surface area contributed by atoms with E-state index >= 15 is 0 Å². The fraction of sp³-hybridized carbons (Fsp3) is 1.00. The molecule has 0 aromatic heterocycles. The van der Waals surface area contributed by atoms with E-state index in [-0.39, 0.29) is 0 Å². The molecule has 1 N–H and O–H groups in total. The van der Waals surface area contributed by atoms with E-state index < -0.39 is 0 Å². The standard InChI is InChI=1S/C11H23BrO/c1-11(2,10-12)8-6-4-3-5-7-9-13/h13H,3-10H2,1-2H3. The second kappa shape index (κ2) is 7.81. The first-order chi connectivity index (χ1) is 6.12. The number of aliphatic hydroxyl groups is 1. The van der Waals surface area contributed by atoms with Crippen molar-refractivity contribution >= 4 is 15.9 Å². The number of halogens is 1. The van der Waals surface area contributed by atoms with E-state index in [1.165, 1.54) is 32.1 Å². The van der Waals surface area contributed by atoms with Crippen molar-refractivity contribution in [2.75, 3.05) is 11.9 Å². The van der Waals surface area contributed by atoms with Crippen LogP contribution in [0.4, 0.5) is 0 Å². The van der Waals surface area contributed by atoms with Gasteiger partial charge in [-0.15, -0.1) is 0 Å². The summed E-state index contributed by atoms with van der Waals surface area (Å²) in [7, 11) is 0. The molecule has 0 aliphatic carbocycles. The molecule has 0 fully saturated rings. The number of alkyl halides is 1. The Bertz CT molecular complexity index is 113. The van der Waals surface area contributed by atoms with Gasteiger partial charge in [-0.05, 0) is 18.3 Å². The van der Waals surface area contributed by atoms with Gasteiger partial charge < -0.3 is 5.11 Å². The molecule has 0 saturated carbocycles. The third-order valence-corrected chi connectivity index (χ3v) is 3.89. The van der Waals surface area contributed by atoms with E-state index in [1.54, 1.807) is 0 Å². The third kappa shape index (κ3) is 8.76. The monoisotopic (exact) mass is 250 g/mol. The van der Waals surface area contributed by atoms with E-state index in [2.05, 4.69) is 29.8 Å². The van der Waals surface area contributed by atoms with Gasteiger partial charge in [0.1, 0.15) is 0 Å². The fourth-order valence-electron chi connectivity index (χ4n) is 1.31. The van der Waals surface area contributed by atoms with E-state index in [0.717, 1.165) is 11.8 Å². The smallest absolute Gasteiger partial charge is 0.0431 e. The van der Waals surface area contributed by atoms with Crippen molar-refractivity contribution in [2.45, 2.75) is 52.4 Å². The Kier molecular flexibility index (Phi) is 8.07. The van der Waals surface area contributed by atoms with Gasteiger partial charge in [-0.3, -0.25) is 0 Å². The van der Waals surface area contributed by atoms with Crippen molar-refractivity contribution in [2.24, 2.45) is 5.41 Å². The molecule has 0 amide bonds. The quantitative estimate of drug-likeness (QED) is 0.514. The lowest BCUT2D eigenvalue weighted by molar-refractivity contribution is 0.281. The SMILES string of the molecule is CC(C)(CBr)CCCCCCCO. The van der Waals surface area contributed by atoms with Crippen LogP contribution in [0.2, 0.25) is 0 Å². The Labute approximate surface area is 91.1 Å². The maximum Gasteiger partial charge on any atom is 0.0431 e. The van der Waals surface area contributed by atoms with Crippen LogP contribution in [0, 0.1) is 5.41 Å². The topological polar surface area (TPSA) is 20.2 Å². The van der Waals surface area contributed by atoms with Gasteiger partial charge >= 0.3 is 0 Å². The molecular formula is C11H23BrO. The molecule has 0 saturated heterocycles. The highest BCUT2D eigenvalue weighted by Gasteiger charge is 2.14. The van der Waals surface area contributed by atoms with Crippen molar-refractivity contribution in [3.63, 3.8) is 0 Å². The predicted molar refractivity (Wildman–Crippen MR) is 62.4 cm³/mol. The summed E-state index contributed by atoms with van der Waals surface area (Å²) in [5.41, 5.74) is 0.455. The lowest BCUT2D eigenvalue weighted by Gasteiger charge is -2.20. The maximum atomic E-state index is 8.58. The minimum Gasteiger partial charge on any atom is -0.396 e. The summed E-state index contributed by atoms with van der Waals surface area (Å²) in [4.78, 5) is 0. The lowest BCUT2D eigenvalue weighted by Crippen LogP contribution is -2.12. The summed E-state index contributed by atoms with van der Waals surface area (Å²) < 4.78 is 0. The van der Waals surface area contributed by atoms with Crippen LogP contribution < -0.4 is 0 Å². The highest BCUT2D eigenvalue weighted by molar-refractivity contribution is 9.09. The van der Waals surface area contributed by atoms with Crippen LogP contribution in [0.15, 0.2) is 0 Å². The molecule has 0 rings (SSSR count). The first-order valence-electron chi connectivity index (χ1n) is 5.29. The van der Waals surface area contributed by atoms with Gasteiger partial charge in [0.15, 0.2) is 0 Å². The molecule has 0 aliphatic heterocycles. The average Bonchev–Trinajstić information content (AvgIpc) is 2.11. The molecule has 0 bridgehead atoms. The zero-order valence-electron chi connectivity index (χ0n) is 8.98. The van der Waals surface area contributed by atoms with Gasteiger partial charge in [0.25, 0.3) is 0 Å². The van der Waals surface area contributed by atoms with Crippen LogP contribution in [0.3, 0.4) is 0 Å². The Morgan fingerprint density at radius 2 is 1.54 bits per heavy atom. The Morgan fingerprint density at radius 1 is 1.00 bits per heavy atom. The van der Waals surface area contributed by atoms with E-state index in [4.69, 9.17) is 5.11 Å². The number of unbranched alkanes of at least 4 members (excludes halogenated alkanes) is 4. The Morgan fingerprint density at radius 3 is 2.08 bits per heavy atom. The number of hydrogen-bond donors (Lipinski definition) is 1. The maximum absolute atomic E-state index is 8.58. The van der Waals surface area contributed by atoms with Crippen molar-refractivity contribution in [3.8, 4) is 0 Å². The van der Waals surface area contributed by atoms with Crippen molar-refractivity contribution in [1.29, 1.82) is 0 Å². The van der Waals surface area contributed by atoms with Gasteiger partial charge in [-0.25, -0.2) is 0 Å². The van der Waals surface area contributed by atoms with Crippen LogP contribution in [0.5, 0.6) is 0 Å². The highest BCUT2D eigenvalue weighted by Crippen LogP contribution is 2.25. The first-order valence-corrected chi connectivity index (χ1v) is 6.41. The van der Waals surface area contributed by atoms with Gasteiger partial charge in [-0.1, -0.05) is 55.5 Å². The summed E-state index contributed by atoms with van der Waals surface area (Å²) in [6.45, 7) is 4.96. The zero-order valence-corrected chi connectivity index (χ0v) is 10.6. The third-order valence-electron chi connectivity index (χ3n) is 2.37. The number of hydrogen-bond acceptors (Lipinski definition) is 1. The lowest BCUT2D eigenvalue weighted by atomic mass is 9.89. The Balaban J connectivity index is 3.16. The molecule has 0 heterocycles. The second-order valence-corrected chi connectivity index (χ2v) is 5.10. The summed E-state index contributed by atoms with van der Waals surface area (Å²) >= 11 is 3.53. The molecule has 0 radical (unpaired) electrons. The average molecular weight is 251 g/mol. The van der Waals surface area contributed by atoms with Gasteiger partial charge in [0.2, 0.25) is 0 Å². The molecule has 0 spiro atoms. The number of rotatable bonds is 8. The van der Waals surface area contributed by atoms with Crippen LogP contribution >= 0.6 is 15.9 Å². The summed E-state index contributed by atoms with van der Waals surface area (Å²) in [5.74, 6) is 0. The minimum absolute atomic E-state index is 0.354. The van der Waals surface area contributed by atoms with Crippen LogP contribution in [-0.4, -0.2) is 17.0 Å². The van der Waals surface area contributed by atoms with Crippen molar-refractivity contribution in [3.05, 3.63) is 0 Å². The van der Waals surface area contributed by atoms with Crippen LogP contribution in [-0.2, 0) is 0 Å².